The first-order valence-corrected chi connectivity index (χ1v) is 5.43. The highest BCUT2D eigenvalue weighted by molar-refractivity contribution is 9.10. The molecule has 0 aliphatic heterocycles. The van der Waals surface area contributed by atoms with Crippen molar-refractivity contribution in [1.82, 2.24) is 4.57 Å². The van der Waals surface area contributed by atoms with Gasteiger partial charge in [-0.3, -0.25) is 0 Å². The Bertz CT molecular complexity index is 320. The van der Waals surface area contributed by atoms with Gasteiger partial charge in [0.15, 0.2) is 0 Å². The standard InChI is InChI=1S/C10H14BrNO2/c1-3-4-5-14-10(13)9-6-8(11)7-12(9)2/h6-7H,3-5H2,1-2H3. The molecule has 14 heavy (non-hydrogen) atoms. The van der Waals surface area contributed by atoms with Gasteiger partial charge < -0.3 is 9.30 Å². The average Bonchev–Trinajstić information content (AvgIpc) is 2.45. The first-order valence-electron chi connectivity index (χ1n) is 4.64. The molecule has 0 aliphatic carbocycles. The predicted octanol–water partition coefficient (Wildman–Crippen LogP) is 2.74. The van der Waals surface area contributed by atoms with Crippen molar-refractivity contribution in [3.63, 3.8) is 0 Å². The minimum absolute atomic E-state index is 0.258. The quantitative estimate of drug-likeness (QED) is 0.615. The number of hydrogen-bond acceptors (Lipinski definition) is 2. The van der Waals surface area contributed by atoms with E-state index in [2.05, 4.69) is 22.9 Å². The van der Waals surface area contributed by atoms with Crippen molar-refractivity contribution in [1.29, 1.82) is 0 Å². The number of hydrogen-bond donors (Lipinski definition) is 0. The number of halogens is 1. The maximum Gasteiger partial charge on any atom is 0.354 e. The summed E-state index contributed by atoms with van der Waals surface area (Å²) in [7, 11) is 1.82. The first kappa shape index (κ1) is 11.3. The first-order chi connectivity index (χ1) is 6.65. The second-order valence-electron chi connectivity index (χ2n) is 3.14. The number of ether oxygens (including phenoxy) is 1. The fraction of sp³-hybridized carbons (Fsp3) is 0.500. The van der Waals surface area contributed by atoms with Crippen LogP contribution < -0.4 is 0 Å². The molecule has 78 valence electrons. The van der Waals surface area contributed by atoms with E-state index in [0.717, 1.165) is 17.3 Å². The molecule has 0 aliphatic rings. The Kier molecular flexibility index (Phi) is 4.20. The van der Waals surface area contributed by atoms with Crippen LogP contribution in [0.5, 0.6) is 0 Å². The summed E-state index contributed by atoms with van der Waals surface area (Å²) in [6.45, 7) is 2.56. The maximum absolute atomic E-state index is 11.5. The Morgan fingerprint density at radius 2 is 2.36 bits per heavy atom. The van der Waals surface area contributed by atoms with E-state index in [4.69, 9.17) is 4.74 Å². The molecule has 0 saturated heterocycles. The summed E-state index contributed by atoms with van der Waals surface area (Å²) < 4.78 is 7.72. The minimum Gasteiger partial charge on any atom is -0.461 e. The summed E-state index contributed by atoms with van der Waals surface area (Å²) in [6, 6.07) is 1.76. The number of esters is 1. The molecule has 1 heterocycles. The molecule has 1 aromatic heterocycles. The molecular formula is C10H14BrNO2. The molecule has 0 amide bonds. The van der Waals surface area contributed by atoms with E-state index in [1.807, 2.05) is 13.2 Å². The van der Waals surface area contributed by atoms with Crippen molar-refractivity contribution < 1.29 is 9.53 Å². The van der Waals surface area contributed by atoms with Gasteiger partial charge in [0.05, 0.1) is 6.61 Å². The molecule has 0 aromatic carbocycles. The summed E-state index contributed by atoms with van der Waals surface area (Å²) in [5.41, 5.74) is 0.577. The van der Waals surface area contributed by atoms with Gasteiger partial charge in [-0.25, -0.2) is 4.79 Å². The Hall–Kier alpha value is -0.770. The number of aryl methyl sites for hydroxylation is 1. The Morgan fingerprint density at radius 3 is 2.86 bits per heavy atom. The van der Waals surface area contributed by atoms with Gasteiger partial charge in [0, 0.05) is 17.7 Å². The van der Waals surface area contributed by atoms with Gasteiger partial charge in [-0.05, 0) is 28.4 Å². The normalized spacial score (nSPS) is 10.2. The number of carbonyl (C=O) groups is 1. The zero-order chi connectivity index (χ0) is 10.6. The highest BCUT2D eigenvalue weighted by Crippen LogP contribution is 2.14. The SMILES string of the molecule is CCCCOC(=O)c1cc(Br)cn1C. The van der Waals surface area contributed by atoms with Gasteiger partial charge in [0.1, 0.15) is 5.69 Å². The third kappa shape index (κ3) is 2.87. The molecule has 1 rings (SSSR count). The number of aromatic nitrogens is 1. The number of nitrogens with zero attached hydrogens (tertiary/aromatic N) is 1. The Labute approximate surface area is 92.2 Å². The fourth-order valence-electron chi connectivity index (χ4n) is 1.11. The molecule has 0 spiro atoms. The van der Waals surface area contributed by atoms with Gasteiger partial charge in [0.25, 0.3) is 0 Å². The molecular weight excluding hydrogens is 246 g/mol. The lowest BCUT2D eigenvalue weighted by molar-refractivity contribution is 0.0488. The second kappa shape index (κ2) is 5.20. The van der Waals surface area contributed by atoms with Crippen molar-refractivity contribution >= 4 is 21.9 Å². The lowest BCUT2D eigenvalue weighted by Crippen LogP contribution is -2.10. The molecule has 0 N–H and O–H groups in total. The smallest absolute Gasteiger partial charge is 0.354 e. The molecule has 0 fully saturated rings. The van der Waals surface area contributed by atoms with Crippen LogP contribution in [0.3, 0.4) is 0 Å². The zero-order valence-corrected chi connectivity index (χ0v) is 10.0. The lowest BCUT2D eigenvalue weighted by atomic mass is 10.3. The third-order valence-corrected chi connectivity index (χ3v) is 2.35. The van der Waals surface area contributed by atoms with Crippen LogP contribution in [0.2, 0.25) is 0 Å². The summed E-state index contributed by atoms with van der Waals surface area (Å²) in [5, 5.41) is 0. The number of unbranched alkanes of at least 4 members (excludes halogenated alkanes) is 1. The van der Waals surface area contributed by atoms with E-state index in [-0.39, 0.29) is 5.97 Å². The maximum atomic E-state index is 11.5. The van der Waals surface area contributed by atoms with Gasteiger partial charge in [-0.2, -0.15) is 0 Å². The average molecular weight is 260 g/mol. The van der Waals surface area contributed by atoms with Gasteiger partial charge in [-0.15, -0.1) is 0 Å². The highest BCUT2D eigenvalue weighted by atomic mass is 79.9. The molecule has 0 atom stereocenters. The summed E-state index contributed by atoms with van der Waals surface area (Å²) in [4.78, 5) is 11.5. The minimum atomic E-state index is -0.258. The summed E-state index contributed by atoms with van der Waals surface area (Å²) in [6.07, 6.45) is 3.78. The molecule has 0 saturated carbocycles. The molecule has 4 heteroatoms. The van der Waals surface area contributed by atoms with E-state index < -0.39 is 0 Å². The van der Waals surface area contributed by atoms with Crippen LogP contribution in [0.1, 0.15) is 30.3 Å². The molecule has 0 unspecified atom stereocenters. The van der Waals surface area contributed by atoms with Crippen LogP contribution in [0.15, 0.2) is 16.7 Å². The van der Waals surface area contributed by atoms with Gasteiger partial charge in [-0.1, -0.05) is 13.3 Å². The van der Waals surface area contributed by atoms with Crippen LogP contribution in [-0.2, 0) is 11.8 Å². The fourth-order valence-corrected chi connectivity index (χ4v) is 1.63. The van der Waals surface area contributed by atoms with Crippen LogP contribution in [0.4, 0.5) is 0 Å². The van der Waals surface area contributed by atoms with E-state index in [0.29, 0.717) is 12.3 Å². The summed E-state index contributed by atoms with van der Waals surface area (Å²) >= 11 is 3.30. The zero-order valence-electron chi connectivity index (χ0n) is 8.42. The predicted molar refractivity (Wildman–Crippen MR) is 58.3 cm³/mol. The van der Waals surface area contributed by atoms with Crippen molar-refractivity contribution in [2.45, 2.75) is 19.8 Å². The largest absolute Gasteiger partial charge is 0.461 e. The van der Waals surface area contributed by atoms with E-state index >= 15 is 0 Å². The number of carbonyl (C=O) groups excluding carboxylic acids is 1. The van der Waals surface area contributed by atoms with Crippen molar-refractivity contribution in [2.75, 3.05) is 6.61 Å². The van der Waals surface area contributed by atoms with Crippen molar-refractivity contribution in [3.8, 4) is 0 Å². The van der Waals surface area contributed by atoms with Crippen LogP contribution >= 0.6 is 15.9 Å². The molecule has 3 nitrogen and oxygen atoms in total. The molecule has 0 bridgehead atoms. The van der Waals surface area contributed by atoms with E-state index in [1.165, 1.54) is 0 Å². The van der Waals surface area contributed by atoms with Crippen molar-refractivity contribution in [2.24, 2.45) is 7.05 Å². The van der Waals surface area contributed by atoms with Gasteiger partial charge in [0.2, 0.25) is 0 Å². The second-order valence-corrected chi connectivity index (χ2v) is 4.06. The van der Waals surface area contributed by atoms with Crippen LogP contribution in [0, 0.1) is 0 Å². The Morgan fingerprint density at radius 1 is 1.64 bits per heavy atom. The Balaban J connectivity index is 2.56. The topological polar surface area (TPSA) is 31.2 Å². The van der Waals surface area contributed by atoms with Crippen LogP contribution in [-0.4, -0.2) is 17.1 Å². The number of rotatable bonds is 4. The highest BCUT2D eigenvalue weighted by Gasteiger charge is 2.11. The van der Waals surface area contributed by atoms with Gasteiger partial charge >= 0.3 is 5.97 Å². The summed E-state index contributed by atoms with van der Waals surface area (Å²) in [5.74, 6) is -0.258. The van der Waals surface area contributed by atoms with Crippen LogP contribution in [0.25, 0.3) is 0 Å². The van der Waals surface area contributed by atoms with Crippen molar-refractivity contribution in [3.05, 3.63) is 22.4 Å². The molecule has 1 aromatic rings. The third-order valence-electron chi connectivity index (χ3n) is 1.91. The lowest BCUT2D eigenvalue weighted by Gasteiger charge is -2.03. The monoisotopic (exact) mass is 259 g/mol. The van der Waals surface area contributed by atoms with E-state index in [9.17, 15) is 4.79 Å². The van der Waals surface area contributed by atoms with E-state index in [1.54, 1.807) is 10.6 Å². The molecule has 0 radical (unpaired) electrons.